The standard InChI is InChI=1S/C31H35N3O/c1-24-10-6-7-14-28(24)22-34-29(20-27-13-8-9-15-30(27)34)23-33-18-16-26(17-19-33)31(35)32(2)21-25-11-4-3-5-12-25/h3-15,20,26H,16-19,21-23H2,1-2H3. The summed E-state index contributed by atoms with van der Waals surface area (Å²) in [7, 11) is 1.94. The Kier molecular flexibility index (Phi) is 7.01. The first kappa shape index (κ1) is 23.4. The van der Waals surface area contributed by atoms with E-state index in [9.17, 15) is 4.79 Å². The Hall–Kier alpha value is -3.37. The fraction of sp³-hybridized carbons (Fsp3) is 0.323. The third kappa shape index (κ3) is 5.33. The predicted octanol–water partition coefficient (Wildman–Crippen LogP) is 5.87. The number of para-hydroxylation sites is 1. The second-order valence-corrected chi connectivity index (χ2v) is 9.94. The fourth-order valence-corrected chi connectivity index (χ4v) is 5.36. The molecule has 4 nitrogen and oxygen atoms in total. The number of aromatic nitrogens is 1. The van der Waals surface area contributed by atoms with Gasteiger partial charge in [-0.2, -0.15) is 0 Å². The molecule has 3 aromatic carbocycles. The number of carbonyl (C=O) groups excluding carboxylic acids is 1. The Labute approximate surface area is 208 Å². The van der Waals surface area contributed by atoms with E-state index < -0.39 is 0 Å². The molecule has 2 heterocycles. The summed E-state index contributed by atoms with van der Waals surface area (Å²) in [6.07, 6.45) is 1.85. The number of hydrogen-bond donors (Lipinski definition) is 0. The molecule has 0 saturated carbocycles. The van der Waals surface area contributed by atoms with Crippen molar-refractivity contribution in [2.24, 2.45) is 5.92 Å². The number of fused-ring (bicyclic) bond motifs is 1. The van der Waals surface area contributed by atoms with Crippen molar-refractivity contribution < 1.29 is 4.79 Å². The van der Waals surface area contributed by atoms with Crippen molar-refractivity contribution >= 4 is 16.8 Å². The second-order valence-electron chi connectivity index (χ2n) is 9.94. The average molecular weight is 466 g/mol. The molecule has 1 fully saturated rings. The van der Waals surface area contributed by atoms with E-state index >= 15 is 0 Å². The number of hydrogen-bond acceptors (Lipinski definition) is 2. The fourth-order valence-electron chi connectivity index (χ4n) is 5.36. The first-order valence-electron chi connectivity index (χ1n) is 12.7. The third-order valence-corrected chi connectivity index (χ3v) is 7.45. The summed E-state index contributed by atoms with van der Waals surface area (Å²) in [5.41, 5.74) is 6.51. The van der Waals surface area contributed by atoms with E-state index in [1.165, 1.54) is 33.3 Å². The molecule has 5 rings (SSSR count). The zero-order valence-electron chi connectivity index (χ0n) is 20.9. The lowest BCUT2D eigenvalue weighted by atomic mass is 9.95. The summed E-state index contributed by atoms with van der Waals surface area (Å²) in [6.45, 7) is 6.59. The average Bonchev–Trinajstić information content (AvgIpc) is 3.22. The van der Waals surface area contributed by atoms with Crippen LogP contribution in [-0.4, -0.2) is 40.4 Å². The van der Waals surface area contributed by atoms with Crippen molar-refractivity contribution in [2.45, 2.75) is 39.4 Å². The molecule has 0 bridgehead atoms. The smallest absolute Gasteiger partial charge is 0.225 e. The maximum absolute atomic E-state index is 13.1. The van der Waals surface area contributed by atoms with Gasteiger partial charge in [0.2, 0.25) is 5.91 Å². The molecular formula is C31H35N3O. The molecule has 1 aromatic heterocycles. The molecule has 180 valence electrons. The van der Waals surface area contributed by atoms with Gasteiger partial charge in [-0.15, -0.1) is 0 Å². The highest BCUT2D eigenvalue weighted by atomic mass is 16.2. The number of rotatable bonds is 7. The van der Waals surface area contributed by atoms with Gasteiger partial charge in [0.25, 0.3) is 0 Å². The van der Waals surface area contributed by atoms with Crippen molar-refractivity contribution in [1.29, 1.82) is 0 Å². The normalized spacial score (nSPS) is 14.9. The van der Waals surface area contributed by atoms with Crippen molar-refractivity contribution in [3.63, 3.8) is 0 Å². The molecule has 0 unspecified atom stereocenters. The van der Waals surface area contributed by atoms with Gasteiger partial charge in [-0.25, -0.2) is 0 Å². The maximum Gasteiger partial charge on any atom is 0.225 e. The van der Waals surface area contributed by atoms with Gasteiger partial charge in [-0.1, -0.05) is 72.8 Å². The molecule has 0 spiro atoms. The highest BCUT2D eigenvalue weighted by molar-refractivity contribution is 5.81. The summed E-state index contributed by atoms with van der Waals surface area (Å²) in [4.78, 5) is 17.5. The first-order chi connectivity index (χ1) is 17.1. The molecule has 4 heteroatoms. The Morgan fingerprint density at radius 1 is 0.886 bits per heavy atom. The van der Waals surface area contributed by atoms with Gasteiger partial charge in [0.05, 0.1) is 0 Å². The largest absolute Gasteiger partial charge is 0.341 e. The Morgan fingerprint density at radius 3 is 2.34 bits per heavy atom. The molecule has 0 aliphatic carbocycles. The third-order valence-electron chi connectivity index (χ3n) is 7.45. The molecule has 35 heavy (non-hydrogen) atoms. The van der Waals surface area contributed by atoms with E-state index in [0.29, 0.717) is 6.54 Å². The second kappa shape index (κ2) is 10.5. The Bertz CT molecular complexity index is 1290. The predicted molar refractivity (Wildman–Crippen MR) is 143 cm³/mol. The van der Waals surface area contributed by atoms with Crippen LogP contribution in [0.15, 0.2) is 84.9 Å². The van der Waals surface area contributed by atoms with Gasteiger partial charge < -0.3 is 9.47 Å². The summed E-state index contributed by atoms with van der Waals surface area (Å²) >= 11 is 0. The lowest BCUT2D eigenvalue weighted by Crippen LogP contribution is -2.41. The van der Waals surface area contributed by atoms with E-state index in [2.05, 4.69) is 83.1 Å². The summed E-state index contributed by atoms with van der Waals surface area (Å²) in [5, 5.41) is 1.30. The van der Waals surface area contributed by atoms with Gasteiger partial charge in [0, 0.05) is 43.8 Å². The van der Waals surface area contributed by atoms with E-state index in [4.69, 9.17) is 0 Å². The van der Waals surface area contributed by atoms with Gasteiger partial charge >= 0.3 is 0 Å². The quantitative estimate of drug-likeness (QED) is 0.342. The zero-order chi connectivity index (χ0) is 24.2. The molecular weight excluding hydrogens is 430 g/mol. The number of amides is 1. The van der Waals surface area contributed by atoms with Crippen molar-refractivity contribution in [3.05, 3.63) is 107 Å². The topological polar surface area (TPSA) is 28.5 Å². The molecule has 1 aliphatic heterocycles. The van der Waals surface area contributed by atoms with Crippen molar-refractivity contribution in [3.8, 4) is 0 Å². The van der Waals surface area contributed by atoms with Crippen LogP contribution >= 0.6 is 0 Å². The zero-order valence-corrected chi connectivity index (χ0v) is 20.9. The highest BCUT2D eigenvalue weighted by Crippen LogP contribution is 2.26. The Balaban J connectivity index is 1.25. The SMILES string of the molecule is Cc1ccccc1Cn1c(CN2CCC(C(=O)N(C)Cc3ccccc3)CC2)cc2ccccc21. The summed E-state index contributed by atoms with van der Waals surface area (Å²) in [5.74, 6) is 0.403. The van der Waals surface area contributed by atoms with Gasteiger partial charge in [-0.3, -0.25) is 9.69 Å². The minimum absolute atomic E-state index is 0.123. The molecule has 4 aromatic rings. The molecule has 1 amide bonds. The van der Waals surface area contributed by atoms with Crippen LogP contribution in [0.5, 0.6) is 0 Å². The van der Waals surface area contributed by atoms with E-state index in [0.717, 1.165) is 39.0 Å². The lowest BCUT2D eigenvalue weighted by molar-refractivity contribution is -0.136. The number of aryl methyl sites for hydroxylation is 1. The van der Waals surface area contributed by atoms with Crippen LogP contribution in [0.1, 0.15) is 35.2 Å². The highest BCUT2D eigenvalue weighted by Gasteiger charge is 2.27. The molecule has 0 atom stereocenters. The minimum atomic E-state index is 0.123. The van der Waals surface area contributed by atoms with E-state index in [-0.39, 0.29) is 11.8 Å². The van der Waals surface area contributed by atoms with Crippen LogP contribution in [0.3, 0.4) is 0 Å². The van der Waals surface area contributed by atoms with Crippen LogP contribution in [0.4, 0.5) is 0 Å². The number of piperidine rings is 1. The van der Waals surface area contributed by atoms with Crippen LogP contribution in [0.25, 0.3) is 10.9 Å². The number of carbonyl (C=O) groups is 1. The minimum Gasteiger partial charge on any atom is -0.341 e. The van der Waals surface area contributed by atoms with Crippen LogP contribution < -0.4 is 0 Å². The molecule has 0 radical (unpaired) electrons. The van der Waals surface area contributed by atoms with Crippen LogP contribution in [0, 0.1) is 12.8 Å². The van der Waals surface area contributed by atoms with Gasteiger partial charge in [0.1, 0.15) is 0 Å². The number of likely N-dealkylation sites (tertiary alicyclic amines) is 1. The lowest BCUT2D eigenvalue weighted by Gasteiger charge is -2.33. The Morgan fingerprint density at radius 2 is 1.57 bits per heavy atom. The monoisotopic (exact) mass is 465 g/mol. The first-order valence-corrected chi connectivity index (χ1v) is 12.7. The number of benzene rings is 3. The maximum atomic E-state index is 13.1. The summed E-state index contributed by atoms with van der Waals surface area (Å²) < 4.78 is 2.47. The van der Waals surface area contributed by atoms with E-state index in [1.807, 2.05) is 30.1 Å². The molecule has 1 aliphatic rings. The van der Waals surface area contributed by atoms with E-state index in [1.54, 1.807) is 0 Å². The van der Waals surface area contributed by atoms with Crippen LogP contribution in [0.2, 0.25) is 0 Å². The number of nitrogens with zero attached hydrogens (tertiary/aromatic N) is 3. The van der Waals surface area contributed by atoms with Crippen molar-refractivity contribution in [2.75, 3.05) is 20.1 Å². The summed E-state index contributed by atoms with van der Waals surface area (Å²) in [6, 6.07) is 29.9. The van der Waals surface area contributed by atoms with Gasteiger partial charge in [-0.05, 0) is 67.1 Å². The van der Waals surface area contributed by atoms with Gasteiger partial charge in [0.15, 0.2) is 0 Å². The molecule has 1 saturated heterocycles. The van der Waals surface area contributed by atoms with Crippen molar-refractivity contribution in [1.82, 2.24) is 14.4 Å². The molecule has 0 N–H and O–H groups in total. The van der Waals surface area contributed by atoms with Crippen LogP contribution in [-0.2, 0) is 24.4 Å².